The van der Waals surface area contributed by atoms with Gasteiger partial charge in [0.1, 0.15) is 0 Å². The van der Waals surface area contributed by atoms with Gasteiger partial charge < -0.3 is 5.21 Å². The van der Waals surface area contributed by atoms with Gasteiger partial charge in [-0.25, -0.2) is 4.79 Å². The van der Waals surface area contributed by atoms with Crippen molar-refractivity contribution in [2.75, 3.05) is 7.11 Å². The molecule has 7 heteroatoms. The first-order valence-electron chi connectivity index (χ1n) is 2.25. The van der Waals surface area contributed by atoms with Crippen molar-refractivity contribution in [3.8, 4) is 0 Å². The highest BCUT2D eigenvalue weighted by Gasteiger charge is 1.88. The third kappa shape index (κ3) is 29.9. The Kier molecular flexibility index (Phi) is 9.20. The molecule has 0 saturated heterocycles. The lowest BCUT2D eigenvalue weighted by atomic mass is 10.7. The number of rotatable bonds is 2. The van der Waals surface area contributed by atoms with E-state index in [1.165, 1.54) is 7.11 Å². The quantitative estimate of drug-likeness (QED) is 0.266. The van der Waals surface area contributed by atoms with Crippen LogP contribution in [0.3, 0.4) is 0 Å². The molecule has 0 bridgehead atoms. The SMILES string of the molecule is C=CC(=O)OOC.O=[N+]([O-])O. The zero-order chi connectivity index (χ0) is 9.28. The molecule has 0 amide bonds. The van der Waals surface area contributed by atoms with Crippen LogP contribution in [0, 0.1) is 10.1 Å². The van der Waals surface area contributed by atoms with Gasteiger partial charge >= 0.3 is 5.97 Å². The topological polar surface area (TPSA) is 98.9 Å². The average Bonchev–Trinajstić information content (AvgIpc) is 1.87. The average molecular weight is 165 g/mol. The molecule has 7 nitrogen and oxygen atoms in total. The van der Waals surface area contributed by atoms with Gasteiger partial charge in [0, 0.05) is 6.08 Å². The van der Waals surface area contributed by atoms with Crippen LogP contribution in [0.1, 0.15) is 0 Å². The van der Waals surface area contributed by atoms with Crippen molar-refractivity contribution >= 4 is 5.97 Å². The number of carbonyl (C=O) groups is 1. The van der Waals surface area contributed by atoms with Crippen LogP contribution in [0.5, 0.6) is 0 Å². The van der Waals surface area contributed by atoms with Crippen LogP contribution in [0.4, 0.5) is 0 Å². The first kappa shape index (κ1) is 12.1. The second-order valence-corrected chi connectivity index (χ2v) is 1.01. The van der Waals surface area contributed by atoms with Crippen molar-refractivity contribution in [3.63, 3.8) is 0 Å². The molecule has 0 aliphatic heterocycles. The van der Waals surface area contributed by atoms with E-state index in [9.17, 15) is 4.79 Å². The molecule has 0 aromatic heterocycles. The van der Waals surface area contributed by atoms with Crippen LogP contribution < -0.4 is 0 Å². The number of hydrogen-bond donors (Lipinski definition) is 1. The molecule has 1 N–H and O–H groups in total. The molecule has 0 fully saturated rings. The predicted molar refractivity (Wildman–Crippen MR) is 32.1 cm³/mol. The van der Waals surface area contributed by atoms with Crippen LogP contribution >= 0.6 is 0 Å². The summed E-state index contributed by atoms with van der Waals surface area (Å²) in [6, 6.07) is 0. The molecular formula is C4H7NO6. The van der Waals surface area contributed by atoms with Crippen molar-refractivity contribution in [2.24, 2.45) is 0 Å². The van der Waals surface area contributed by atoms with Gasteiger partial charge in [0.25, 0.3) is 5.09 Å². The van der Waals surface area contributed by atoms with Crippen LogP contribution in [0.2, 0.25) is 0 Å². The third-order valence-electron chi connectivity index (χ3n) is 0.332. The van der Waals surface area contributed by atoms with Gasteiger partial charge in [-0.3, -0.25) is 4.89 Å². The molecular weight excluding hydrogens is 158 g/mol. The summed E-state index contributed by atoms with van der Waals surface area (Å²) >= 11 is 0. The lowest BCUT2D eigenvalue weighted by molar-refractivity contribution is -0.742. The Bertz CT molecular complexity index is 140. The van der Waals surface area contributed by atoms with Gasteiger partial charge in [0.05, 0.1) is 7.11 Å². The smallest absolute Gasteiger partial charge is 0.328 e. The molecule has 0 aliphatic carbocycles. The standard InChI is InChI=1S/C4H6O3.HNO3/c1-3-4(5)7-6-2;2-1(3)4/h3H,1H2,2H3;(H,2,3,4). The summed E-state index contributed by atoms with van der Waals surface area (Å²) in [7, 11) is 1.25. The fraction of sp³-hybridized carbons (Fsp3) is 0.250. The van der Waals surface area contributed by atoms with Crippen molar-refractivity contribution in [3.05, 3.63) is 22.8 Å². The first-order chi connectivity index (χ1) is 5.04. The van der Waals surface area contributed by atoms with Gasteiger partial charge in [0.2, 0.25) is 0 Å². The summed E-state index contributed by atoms with van der Waals surface area (Å²) in [6.07, 6.45) is 1.02. The third-order valence-corrected chi connectivity index (χ3v) is 0.332. The Morgan fingerprint density at radius 1 is 1.82 bits per heavy atom. The molecule has 0 rings (SSSR count). The van der Waals surface area contributed by atoms with Crippen molar-refractivity contribution in [1.82, 2.24) is 0 Å². The summed E-state index contributed by atoms with van der Waals surface area (Å²) in [5.41, 5.74) is 0. The summed E-state index contributed by atoms with van der Waals surface area (Å²) in [5.74, 6) is -0.581. The van der Waals surface area contributed by atoms with Crippen LogP contribution in [-0.2, 0) is 14.6 Å². The molecule has 0 heterocycles. The molecule has 0 radical (unpaired) electrons. The Balaban J connectivity index is 0. The Morgan fingerprint density at radius 3 is 2.27 bits per heavy atom. The Morgan fingerprint density at radius 2 is 2.18 bits per heavy atom. The second-order valence-electron chi connectivity index (χ2n) is 1.01. The van der Waals surface area contributed by atoms with Crippen molar-refractivity contribution < 1.29 is 24.9 Å². The zero-order valence-electron chi connectivity index (χ0n) is 5.72. The fourth-order valence-electron chi connectivity index (χ4n) is 0.116. The fourth-order valence-corrected chi connectivity index (χ4v) is 0.116. The van der Waals surface area contributed by atoms with E-state index in [2.05, 4.69) is 16.4 Å². The van der Waals surface area contributed by atoms with Crippen LogP contribution in [0.15, 0.2) is 12.7 Å². The largest absolute Gasteiger partial charge is 0.365 e. The molecule has 0 saturated carbocycles. The van der Waals surface area contributed by atoms with E-state index in [-0.39, 0.29) is 0 Å². The van der Waals surface area contributed by atoms with E-state index in [1.807, 2.05) is 0 Å². The van der Waals surface area contributed by atoms with E-state index in [1.54, 1.807) is 0 Å². The van der Waals surface area contributed by atoms with Crippen LogP contribution in [0.25, 0.3) is 0 Å². The molecule has 0 atom stereocenters. The number of hydrogen-bond acceptors (Lipinski definition) is 5. The molecule has 0 aromatic rings. The monoisotopic (exact) mass is 165 g/mol. The highest BCUT2D eigenvalue weighted by Crippen LogP contribution is 1.74. The summed E-state index contributed by atoms with van der Waals surface area (Å²) in [5, 5.41) is 13.6. The van der Waals surface area contributed by atoms with E-state index >= 15 is 0 Å². The summed E-state index contributed by atoms with van der Waals surface area (Å²) in [4.78, 5) is 26.2. The summed E-state index contributed by atoms with van der Waals surface area (Å²) in [6.45, 7) is 3.12. The van der Waals surface area contributed by atoms with Gasteiger partial charge in [-0.15, -0.1) is 10.1 Å². The highest BCUT2D eigenvalue weighted by atomic mass is 17.2. The Hall–Kier alpha value is -1.63. The highest BCUT2D eigenvalue weighted by molar-refractivity contribution is 5.80. The molecule has 11 heavy (non-hydrogen) atoms. The van der Waals surface area contributed by atoms with Gasteiger partial charge in [-0.2, -0.15) is 4.89 Å². The predicted octanol–water partition coefficient (Wildman–Crippen LogP) is -0.0707. The zero-order valence-corrected chi connectivity index (χ0v) is 5.72. The number of carbonyl (C=O) groups excluding carboxylic acids is 1. The first-order valence-corrected chi connectivity index (χ1v) is 2.25. The molecule has 0 unspecified atom stereocenters. The van der Waals surface area contributed by atoms with Crippen molar-refractivity contribution in [1.29, 1.82) is 0 Å². The van der Waals surface area contributed by atoms with Crippen LogP contribution in [-0.4, -0.2) is 23.4 Å². The maximum Gasteiger partial charge on any atom is 0.365 e. The Labute approximate surface area is 61.9 Å². The maximum atomic E-state index is 9.95. The van der Waals surface area contributed by atoms with E-state index in [0.717, 1.165) is 6.08 Å². The lowest BCUT2D eigenvalue weighted by Gasteiger charge is -1.88. The van der Waals surface area contributed by atoms with Crippen molar-refractivity contribution in [2.45, 2.75) is 0 Å². The molecule has 0 spiro atoms. The minimum absolute atomic E-state index is 0.581. The summed E-state index contributed by atoms with van der Waals surface area (Å²) < 4.78 is 0. The molecule has 64 valence electrons. The second kappa shape index (κ2) is 8.37. The normalized spacial score (nSPS) is 7.00. The number of nitrogens with zero attached hydrogens (tertiary/aromatic N) is 1. The van der Waals surface area contributed by atoms with Gasteiger partial charge in [-0.05, 0) is 0 Å². The van der Waals surface area contributed by atoms with Gasteiger partial charge in [0.15, 0.2) is 0 Å². The molecule has 0 aliphatic rings. The lowest BCUT2D eigenvalue weighted by Crippen LogP contribution is -1.96. The van der Waals surface area contributed by atoms with E-state index in [0.29, 0.717) is 0 Å². The van der Waals surface area contributed by atoms with Gasteiger partial charge in [-0.1, -0.05) is 6.58 Å². The maximum absolute atomic E-state index is 9.95. The van der Waals surface area contributed by atoms with E-state index in [4.69, 9.17) is 15.3 Å². The molecule has 0 aromatic carbocycles. The minimum Gasteiger partial charge on any atom is -0.328 e. The minimum atomic E-state index is -1.50. The van der Waals surface area contributed by atoms with E-state index < -0.39 is 11.1 Å².